The van der Waals surface area contributed by atoms with Crippen molar-refractivity contribution in [1.29, 1.82) is 0 Å². The third-order valence-corrected chi connectivity index (χ3v) is 7.74. The fraction of sp³-hybridized carbons (Fsp3) is 0.778. The van der Waals surface area contributed by atoms with Gasteiger partial charge in [0, 0.05) is 38.3 Å². The van der Waals surface area contributed by atoms with Crippen LogP contribution in [-0.2, 0) is 29.3 Å². The second-order valence-corrected chi connectivity index (χ2v) is 10.1. The average molecular weight is 381 g/mol. The lowest BCUT2D eigenvalue weighted by molar-refractivity contribution is 0.0797. The second kappa shape index (κ2) is 7.40. The number of hydrogen-bond acceptors (Lipinski definition) is 6. The van der Waals surface area contributed by atoms with Crippen molar-refractivity contribution < 1.29 is 8.42 Å². The van der Waals surface area contributed by atoms with Gasteiger partial charge in [-0.15, -0.1) is 0 Å². The minimum atomic E-state index is -2.84. The van der Waals surface area contributed by atoms with E-state index >= 15 is 0 Å². The first-order chi connectivity index (χ1) is 12.5. The van der Waals surface area contributed by atoms with Gasteiger partial charge < -0.3 is 0 Å². The first kappa shape index (κ1) is 18.1. The molecular formula is C18H28N4O3S. The Bertz CT molecular complexity index is 812. The van der Waals surface area contributed by atoms with Crippen LogP contribution in [-0.4, -0.2) is 71.7 Å². The van der Waals surface area contributed by atoms with Gasteiger partial charge in [-0.05, 0) is 37.7 Å². The maximum Gasteiger partial charge on any atom is 0.268 e. The number of aryl methyl sites for hydroxylation is 2. The zero-order chi connectivity index (χ0) is 18.1. The Morgan fingerprint density at radius 3 is 2.58 bits per heavy atom. The molecule has 1 aromatic rings. The molecule has 2 saturated heterocycles. The highest BCUT2D eigenvalue weighted by Gasteiger charge is 2.33. The molecule has 26 heavy (non-hydrogen) atoms. The highest BCUT2D eigenvalue weighted by Crippen LogP contribution is 2.20. The summed E-state index contributed by atoms with van der Waals surface area (Å²) in [4.78, 5) is 17.0. The average Bonchev–Trinajstić information content (AvgIpc) is 2.83. The molecule has 144 valence electrons. The van der Waals surface area contributed by atoms with Gasteiger partial charge in [0.25, 0.3) is 5.56 Å². The lowest BCUT2D eigenvalue weighted by Crippen LogP contribution is -2.51. The molecule has 7 nitrogen and oxygen atoms in total. The molecule has 0 spiro atoms. The summed E-state index contributed by atoms with van der Waals surface area (Å²) in [6.45, 7) is 3.95. The Morgan fingerprint density at radius 2 is 1.85 bits per heavy atom. The maximum absolute atomic E-state index is 12.4. The summed E-state index contributed by atoms with van der Waals surface area (Å²) >= 11 is 0. The Morgan fingerprint density at radius 1 is 1.08 bits per heavy atom. The van der Waals surface area contributed by atoms with Crippen LogP contribution < -0.4 is 5.56 Å². The molecule has 4 rings (SSSR count). The predicted octanol–water partition coefficient (Wildman–Crippen LogP) is 0.274. The Labute approximate surface area is 154 Å². The summed E-state index contributed by atoms with van der Waals surface area (Å²) in [7, 11) is -2.84. The van der Waals surface area contributed by atoms with Crippen molar-refractivity contribution in [1.82, 2.24) is 19.6 Å². The molecule has 0 bridgehead atoms. The van der Waals surface area contributed by atoms with Crippen LogP contribution in [0.1, 0.15) is 36.9 Å². The molecule has 0 amide bonds. The number of fused-ring (bicyclic) bond motifs is 1. The van der Waals surface area contributed by atoms with Gasteiger partial charge in [-0.1, -0.05) is 6.42 Å². The minimum Gasteiger partial charge on any atom is -0.297 e. The van der Waals surface area contributed by atoms with Gasteiger partial charge in [0.05, 0.1) is 23.9 Å². The third-order valence-electron chi connectivity index (χ3n) is 5.99. The van der Waals surface area contributed by atoms with Crippen molar-refractivity contribution in [2.45, 2.75) is 51.2 Å². The molecule has 3 aliphatic rings. The standard InChI is InChI=1S/C18H28N4O3S/c23-18-12-15-4-2-1-3-5-17(15)19-22(18)14-20-7-9-21(10-8-20)16-6-11-26(24,25)13-16/h12,16H,1-11,13-14H2. The van der Waals surface area contributed by atoms with Gasteiger partial charge in [-0.3, -0.25) is 14.6 Å². The summed E-state index contributed by atoms with van der Waals surface area (Å²) in [5.41, 5.74) is 2.22. The molecule has 1 aliphatic carbocycles. The van der Waals surface area contributed by atoms with E-state index in [0.29, 0.717) is 18.2 Å². The van der Waals surface area contributed by atoms with Crippen molar-refractivity contribution in [3.05, 3.63) is 27.7 Å². The topological polar surface area (TPSA) is 75.5 Å². The normalized spacial score (nSPS) is 27.2. The molecule has 2 fully saturated rings. The van der Waals surface area contributed by atoms with Crippen molar-refractivity contribution in [3.8, 4) is 0 Å². The molecule has 2 aliphatic heterocycles. The maximum atomic E-state index is 12.4. The van der Waals surface area contributed by atoms with Crippen LogP contribution in [0.3, 0.4) is 0 Å². The first-order valence-corrected chi connectivity index (χ1v) is 11.6. The van der Waals surface area contributed by atoms with Crippen molar-refractivity contribution in [3.63, 3.8) is 0 Å². The summed E-state index contributed by atoms with van der Waals surface area (Å²) in [5, 5.41) is 4.65. The van der Waals surface area contributed by atoms with Crippen molar-refractivity contribution >= 4 is 9.84 Å². The molecule has 8 heteroatoms. The Hall–Kier alpha value is -1.25. The number of sulfone groups is 1. The zero-order valence-corrected chi connectivity index (χ0v) is 16.1. The molecule has 1 atom stereocenters. The van der Waals surface area contributed by atoms with E-state index < -0.39 is 9.84 Å². The van der Waals surface area contributed by atoms with E-state index in [1.807, 2.05) is 0 Å². The molecule has 0 N–H and O–H groups in total. The summed E-state index contributed by atoms with van der Waals surface area (Å²) in [5.74, 6) is 0.630. The molecule has 0 radical (unpaired) electrons. The molecule has 1 aromatic heterocycles. The van der Waals surface area contributed by atoms with Crippen LogP contribution in [0.4, 0.5) is 0 Å². The van der Waals surface area contributed by atoms with E-state index in [0.717, 1.165) is 69.5 Å². The number of hydrogen-bond donors (Lipinski definition) is 0. The Balaban J connectivity index is 1.37. The number of aromatic nitrogens is 2. The molecule has 3 heterocycles. The highest BCUT2D eigenvalue weighted by atomic mass is 32.2. The van der Waals surface area contributed by atoms with Crippen molar-refractivity contribution in [2.24, 2.45) is 0 Å². The SMILES string of the molecule is O=c1cc2c(nn1CN1CCN(C3CCS(=O)(=O)C3)CC1)CCCCC2. The number of piperazine rings is 1. The summed E-state index contributed by atoms with van der Waals surface area (Å²) < 4.78 is 25.0. The van der Waals surface area contributed by atoms with E-state index in [1.165, 1.54) is 6.42 Å². The molecule has 0 aromatic carbocycles. The fourth-order valence-electron chi connectivity index (χ4n) is 4.40. The van der Waals surface area contributed by atoms with Crippen LogP contribution in [0.5, 0.6) is 0 Å². The number of nitrogens with zero attached hydrogens (tertiary/aromatic N) is 4. The third kappa shape index (κ3) is 4.02. The monoisotopic (exact) mass is 380 g/mol. The fourth-order valence-corrected chi connectivity index (χ4v) is 6.16. The smallest absolute Gasteiger partial charge is 0.268 e. The molecular weight excluding hydrogens is 352 g/mol. The Kier molecular flexibility index (Phi) is 5.16. The number of rotatable bonds is 3. The van der Waals surface area contributed by atoms with E-state index in [2.05, 4.69) is 14.9 Å². The summed E-state index contributed by atoms with van der Waals surface area (Å²) in [6.07, 6.45) is 6.22. The van der Waals surface area contributed by atoms with E-state index in [1.54, 1.807) is 10.7 Å². The first-order valence-electron chi connectivity index (χ1n) is 9.77. The van der Waals surface area contributed by atoms with E-state index in [4.69, 9.17) is 0 Å². The lowest BCUT2D eigenvalue weighted by Gasteiger charge is -2.37. The molecule has 0 saturated carbocycles. The second-order valence-electron chi connectivity index (χ2n) is 7.87. The lowest BCUT2D eigenvalue weighted by atomic mass is 10.1. The van der Waals surface area contributed by atoms with Crippen LogP contribution in [0.2, 0.25) is 0 Å². The highest BCUT2D eigenvalue weighted by molar-refractivity contribution is 7.91. The largest absolute Gasteiger partial charge is 0.297 e. The van der Waals surface area contributed by atoms with Crippen molar-refractivity contribution in [2.75, 3.05) is 37.7 Å². The predicted molar refractivity (Wildman–Crippen MR) is 100.0 cm³/mol. The zero-order valence-electron chi connectivity index (χ0n) is 15.3. The van der Waals surface area contributed by atoms with Crippen LogP contribution in [0.15, 0.2) is 10.9 Å². The molecule has 1 unspecified atom stereocenters. The van der Waals surface area contributed by atoms with Gasteiger partial charge in [0.15, 0.2) is 9.84 Å². The van der Waals surface area contributed by atoms with E-state index in [9.17, 15) is 13.2 Å². The van der Waals surface area contributed by atoms with Crippen LogP contribution in [0, 0.1) is 0 Å². The van der Waals surface area contributed by atoms with Gasteiger partial charge >= 0.3 is 0 Å². The van der Waals surface area contributed by atoms with Gasteiger partial charge in [-0.2, -0.15) is 5.10 Å². The van der Waals surface area contributed by atoms with E-state index in [-0.39, 0.29) is 11.6 Å². The minimum absolute atomic E-state index is 0.00466. The quantitative estimate of drug-likeness (QED) is 0.701. The van der Waals surface area contributed by atoms with Gasteiger partial charge in [0.1, 0.15) is 0 Å². The summed E-state index contributed by atoms with van der Waals surface area (Å²) in [6, 6.07) is 1.96. The van der Waals surface area contributed by atoms with Gasteiger partial charge in [0.2, 0.25) is 0 Å². The van der Waals surface area contributed by atoms with Crippen LogP contribution >= 0.6 is 0 Å². The van der Waals surface area contributed by atoms with Gasteiger partial charge in [-0.25, -0.2) is 13.1 Å². The van der Waals surface area contributed by atoms with Crippen LogP contribution in [0.25, 0.3) is 0 Å².